The van der Waals surface area contributed by atoms with Gasteiger partial charge in [-0.05, 0) is 12.3 Å². The van der Waals surface area contributed by atoms with Gasteiger partial charge in [0.1, 0.15) is 6.10 Å². The van der Waals surface area contributed by atoms with Crippen LogP contribution in [0.4, 0.5) is 0 Å². The van der Waals surface area contributed by atoms with Crippen molar-refractivity contribution in [3.8, 4) is 0 Å². The second-order valence-electron chi connectivity index (χ2n) is 3.93. The van der Waals surface area contributed by atoms with E-state index in [1.54, 1.807) is 0 Å². The van der Waals surface area contributed by atoms with E-state index in [0.717, 1.165) is 19.3 Å². The summed E-state index contributed by atoms with van der Waals surface area (Å²) in [6.07, 6.45) is 5.08. The van der Waals surface area contributed by atoms with Crippen molar-refractivity contribution in [2.75, 3.05) is 0 Å². The normalized spacial score (nSPS) is 33.7. The van der Waals surface area contributed by atoms with Crippen LogP contribution in [-0.4, -0.2) is 17.0 Å². The minimum absolute atomic E-state index is 0.0457. The van der Waals surface area contributed by atoms with E-state index in [1.165, 1.54) is 6.42 Å². The lowest BCUT2D eigenvalue weighted by molar-refractivity contribution is -0.128. The highest BCUT2D eigenvalue weighted by molar-refractivity contribution is 5.82. The topological polar surface area (TPSA) is 37.3 Å². The Labute approximate surface area is 74.0 Å². The summed E-state index contributed by atoms with van der Waals surface area (Å²) < 4.78 is 0. The Morgan fingerprint density at radius 2 is 1.92 bits per heavy atom. The molecule has 0 aromatic rings. The van der Waals surface area contributed by atoms with Crippen molar-refractivity contribution in [2.24, 2.45) is 5.92 Å². The third-order valence-corrected chi connectivity index (χ3v) is 2.60. The maximum absolute atomic E-state index is 11.3. The lowest BCUT2D eigenvalue weighted by Gasteiger charge is -2.10. The minimum Gasteiger partial charge on any atom is -0.385 e. The molecule has 2 heteroatoms. The van der Waals surface area contributed by atoms with Crippen molar-refractivity contribution in [3.05, 3.63) is 0 Å². The van der Waals surface area contributed by atoms with Crippen molar-refractivity contribution in [3.63, 3.8) is 0 Å². The Morgan fingerprint density at radius 3 is 2.67 bits per heavy atom. The van der Waals surface area contributed by atoms with Crippen LogP contribution in [0.5, 0.6) is 0 Å². The Bertz CT molecular complexity index is 154. The number of Topliss-reactive ketones (excluding diaryl/α,β-unsaturated/α-hetero) is 1. The summed E-state index contributed by atoms with van der Waals surface area (Å²) in [6.45, 7) is 2.09. The fraction of sp³-hybridized carbons (Fsp3) is 0.900. The van der Waals surface area contributed by atoms with Gasteiger partial charge in [0.25, 0.3) is 0 Å². The van der Waals surface area contributed by atoms with Crippen molar-refractivity contribution < 1.29 is 9.90 Å². The van der Waals surface area contributed by atoms with Gasteiger partial charge < -0.3 is 5.11 Å². The number of aliphatic hydroxyl groups is 1. The molecule has 0 radical (unpaired) electrons. The van der Waals surface area contributed by atoms with E-state index in [0.29, 0.717) is 18.8 Å². The molecular formula is C10H18O2. The van der Waals surface area contributed by atoms with Gasteiger partial charge in [-0.2, -0.15) is 0 Å². The molecule has 1 aliphatic carbocycles. The maximum atomic E-state index is 11.3. The van der Waals surface area contributed by atoms with Crippen LogP contribution < -0.4 is 0 Å². The van der Waals surface area contributed by atoms with E-state index >= 15 is 0 Å². The summed E-state index contributed by atoms with van der Waals surface area (Å²) in [5, 5.41) is 9.38. The van der Waals surface area contributed by atoms with Gasteiger partial charge in [-0.25, -0.2) is 0 Å². The maximum Gasteiger partial charge on any atom is 0.161 e. The lowest BCUT2D eigenvalue weighted by atomic mass is 9.98. The van der Waals surface area contributed by atoms with Crippen LogP contribution in [-0.2, 0) is 4.79 Å². The van der Waals surface area contributed by atoms with Crippen LogP contribution in [0, 0.1) is 5.92 Å². The van der Waals surface area contributed by atoms with Gasteiger partial charge in [-0.1, -0.05) is 32.6 Å². The molecule has 1 rings (SSSR count). The quantitative estimate of drug-likeness (QED) is 0.603. The zero-order valence-electron chi connectivity index (χ0n) is 7.75. The largest absolute Gasteiger partial charge is 0.385 e. The Hall–Kier alpha value is -0.370. The number of ketones is 1. The molecule has 2 atom stereocenters. The zero-order chi connectivity index (χ0) is 8.97. The van der Waals surface area contributed by atoms with Crippen molar-refractivity contribution in [1.29, 1.82) is 0 Å². The second-order valence-corrected chi connectivity index (χ2v) is 3.93. The van der Waals surface area contributed by atoms with Crippen molar-refractivity contribution >= 4 is 5.78 Å². The van der Waals surface area contributed by atoms with Gasteiger partial charge in [-0.15, -0.1) is 0 Å². The van der Waals surface area contributed by atoms with E-state index in [9.17, 15) is 9.90 Å². The number of carbonyl (C=O) groups excluding carboxylic acids is 1. The van der Waals surface area contributed by atoms with Gasteiger partial charge in [0.15, 0.2) is 5.78 Å². The third kappa shape index (κ3) is 2.94. The molecule has 0 spiro atoms. The summed E-state index contributed by atoms with van der Waals surface area (Å²) in [4.78, 5) is 11.3. The molecule has 1 aliphatic rings. The van der Waals surface area contributed by atoms with Crippen LogP contribution in [0.1, 0.15) is 45.4 Å². The first-order chi connectivity index (χ1) is 5.70. The minimum atomic E-state index is -0.675. The SMILES string of the molecule is CC1CCCCCC(O)C(=O)C1. The highest BCUT2D eigenvalue weighted by atomic mass is 16.3. The Balaban J connectivity index is 2.46. The molecule has 0 amide bonds. The molecule has 0 bridgehead atoms. The Kier molecular flexibility index (Phi) is 3.73. The molecule has 70 valence electrons. The van der Waals surface area contributed by atoms with Crippen molar-refractivity contribution in [2.45, 2.75) is 51.6 Å². The summed E-state index contributed by atoms with van der Waals surface area (Å²) in [5.41, 5.74) is 0. The molecular weight excluding hydrogens is 152 g/mol. The summed E-state index contributed by atoms with van der Waals surface area (Å²) in [5.74, 6) is 0.509. The van der Waals surface area contributed by atoms with E-state index < -0.39 is 6.10 Å². The van der Waals surface area contributed by atoms with Crippen LogP contribution in [0.25, 0.3) is 0 Å². The van der Waals surface area contributed by atoms with Crippen LogP contribution in [0.2, 0.25) is 0 Å². The number of rotatable bonds is 0. The summed E-state index contributed by atoms with van der Waals surface area (Å²) in [6, 6.07) is 0. The zero-order valence-corrected chi connectivity index (χ0v) is 7.75. The number of aliphatic hydroxyl groups excluding tert-OH is 1. The van der Waals surface area contributed by atoms with Gasteiger partial charge in [-0.3, -0.25) is 4.79 Å². The molecule has 0 aromatic heterocycles. The average Bonchev–Trinajstić information content (AvgIpc) is 2.07. The third-order valence-electron chi connectivity index (χ3n) is 2.60. The Morgan fingerprint density at radius 1 is 1.25 bits per heavy atom. The van der Waals surface area contributed by atoms with Gasteiger partial charge >= 0.3 is 0 Å². The van der Waals surface area contributed by atoms with Crippen molar-refractivity contribution in [1.82, 2.24) is 0 Å². The van der Waals surface area contributed by atoms with E-state index in [1.807, 2.05) is 0 Å². The van der Waals surface area contributed by atoms with Crippen LogP contribution in [0.3, 0.4) is 0 Å². The highest BCUT2D eigenvalue weighted by Gasteiger charge is 2.18. The molecule has 2 unspecified atom stereocenters. The first kappa shape index (κ1) is 9.72. The molecule has 12 heavy (non-hydrogen) atoms. The predicted molar refractivity (Wildman–Crippen MR) is 47.9 cm³/mol. The smallest absolute Gasteiger partial charge is 0.161 e. The number of hydrogen-bond donors (Lipinski definition) is 1. The van der Waals surface area contributed by atoms with E-state index in [4.69, 9.17) is 0 Å². The number of carbonyl (C=O) groups is 1. The predicted octanol–water partition coefficient (Wildman–Crippen LogP) is 1.91. The fourth-order valence-corrected chi connectivity index (χ4v) is 1.75. The van der Waals surface area contributed by atoms with E-state index in [-0.39, 0.29) is 5.78 Å². The molecule has 1 saturated carbocycles. The van der Waals surface area contributed by atoms with Gasteiger partial charge in [0, 0.05) is 6.42 Å². The monoisotopic (exact) mass is 170 g/mol. The molecule has 1 N–H and O–H groups in total. The second kappa shape index (κ2) is 4.61. The summed E-state index contributed by atoms with van der Waals surface area (Å²) in [7, 11) is 0. The number of hydrogen-bond acceptors (Lipinski definition) is 2. The lowest BCUT2D eigenvalue weighted by Crippen LogP contribution is -2.21. The molecule has 0 aromatic carbocycles. The average molecular weight is 170 g/mol. The standard InChI is InChI=1S/C10H18O2/c1-8-5-3-2-4-6-9(11)10(12)7-8/h8-9,11H,2-7H2,1H3. The van der Waals surface area contributed by atoms with Gasteiger partial charge in [0.05, 0.1) is 0 Å². The summed E-state index contributed by atoms with van der Waals surface area (Å²) >= 11 is 0. The molecule has 2 nitrogen and oxygen atoms in total. The molecule has 0 heterocycles. The van der Waals surface area contributed by atoms with Crippen LogP contribution in [0.15, 0.2) is 0 Å². The molecule has 1 fully saturated rings. The first-order valence-electron chi connectivity index (χ1n) is 4.91. The van der Waals surface area contributed by atoms with E-state index in [2.05, 4.69) is 6.92 Å². The first-order valence-corrected chi connectivity index (χ1v) is 4.91. The van der Waals surface area contributed by atoms with Gasteiger partial charge in [0.2, 0.25) is 0 Å². The molecule has 0 saturated heterocycles. The fourth-order valence-electron chi connectivity index (χ4n) is 1.75. The highest BCUT2D eigenvalue weighted by Crippen LogP contribution is 2.19. The van der Waals surface area contributed by atoms with Crippen LogP contribution >= 0.6 is 0 Å². The molecule has 0 aliphatic heterocycles.